The van der Waals surface area contributed by atoms with E-state index in [2.05, 4.69) is 23.3 Å². The van der Waals surface area contributed by atoms with Crippen LogP contribution in [0.3, 0.4) is 0 Å². The molecule has 0 aromatic rings. The predicted octanol–water partition coefficient (Wildman–Crippen LogP) is -0.791. The molecule has 6 N–H and O–H groups in total. The molecule has 0 saturated heterocycles. The molecule has 0 heterocycles. The maximum absolute atomic E-state index is 12.1. The SMILES string of the molecule is CC(C)CC(N)C(=O)NC(CS)C(=O)NC(CCC(=O)O)C(=O)O. The van der Waals surface area contributed by atoms with Crippen molar-refractivity contribution < 1.29 is 29.4 Å². The molecule has 0 aromatic carbocycles. The monoisotopic (exact) mass is 363 g/mol. The van der Waals surface area contributed by atoms with Crippen LogP contribution in [-0.2, 0) is 19.2 Å². The molecule has 0 aliphatic heterocycles. The number of aliphatic carboxylic acids is 2. The lowest BCUT2D eigenvalue weighted by molar-refractivity contribution is -0.143. The molecule has 3 unspecified atom stereocenters. The highest BCUT2D eigenvalue weighted by Crippen LogP contribution is 2.04. The third-order valence-corrected chi connectivity index (χ3v) is 3.50. The van der Waals surface area contributed by atoms with Gasteiger partial charge < -0.3 is 26.6 Å². The number of carboxylic acid groups (broad SMARTS) is 2. The molecule has 0 rings (SSSR count). The van der Waals surface area contributed by atoms with E-state index in [1.807, 2.05) is 13.8 Å². The van der Waals surface area contributed by atoms with Crippen molar-refractivity contribution in [3.8, 4) is 0 Å². The van der Waals surface area contributed by atoms with Gasteiger partial charge in [-0.2, -0.15) is 12.6 Å². The molecule has 0 spiro atoms. The number of thiol groups is 1. The molecule has 0 saturated carbocycles. The predicted molar refractivity (Wildman–Crippen MR) is 89.7 cm³/mol. The number of hydrogen-bond acceptors (Lipinski definition) is 6. The highest BCUT2D eigenvalue weighted by Gasteiger charge is 2.27. The lowest BCUT2D eigenvalue weighted by Gasteiger charge is -2.22. The molecule has 138 valence electrons. The molecule has 10 heteroatoms. The molecule has 0 aliphatic carbocycles. The van der Waals surface area contributed by atoms with Gasteiger partial charge in [0, 0.05) is 12.2 Å². The van der Waals surface area contributed by atoms with Crippen LogP contribution in [0.2, 0.25) is 0 Å². The van der Waals surface area contributed by atoms with Gasteiger partial charge in [0.2, 0.25) is 11.8 Å². The van der Waals surface area contributed by atoms with Crippen LogP contribution in [0.25, 0.3) is 0 Å². The molecule has 0 aliphatic rings. The first kappa shape index (κ1) is 22.2. The Balaban J connectivity index is 4.73. The van der Waals surface area contributed by atoms with Crippen molar-refractivity contribution in [2.24, 2.45) is 11.7 Å². The maximum Gasteiger partial charge on any atom is 0.326 e. The van der Waals surface area contributed by atoms with Crippen LogP contribution in [0, 0.1) is 5.92 Å². The van der Waals surface area contributed by atoms with Gasteiger partial charge in [-0.3, -0.25) is 14.4 Å². The van der Waals surface area contributed by atoms with Gasteiger partial charge in [0.25, 0.3) is 0 Å². The molecule has 0 aromatic heterocycles. The average molecular weight is 363 g/mol. The Morgan fingerprint density at radius 1 is 1.04 bits per heavy atom. The summed E-state index contributed by atoms with van der Waals surface area (Å²) in [5.41, 5.74) is 5.72. The zero-order valence-electron chi connectivity index (χ0n) is 13.7. The molecule has 3 atom stereocenters. The number of carbonyl (C=O) groups is 4. The molecule has 2 amide bonds. The smallest absolute Gasteiger partial charge is 0.326 e. The summed E-state index contributed by atoms with van der Waals surface area (Å²) in [7, 11) is 0. The van der Waals surface area contributed by atoms with E-state index in [9.17, 15) is 19.2 Å². The second-order valence-corrected chi connectivity index (χ2v) is 6.18. The fourth-order valence-corrected chi connectivity index (χ4v) is 2.14. The molecule has 0 radical (unpaired) electrons. The van der Waals surface area contributed by atoms with Crippen LogP contribution < -0.4 is 16.4 Å². The number of carboxylic acids is 2. The second kappa shape index (κ2) is 10.9. The third-order valence-electron chi connectivity index (χ3n) is 3.14. The first-order valence-corrected chi connectivity index (χ1v) is 8.13. The summed E-state index contributed by atoms with van der Waals surface area (Å²) in [6.07, 6.45) is -0.242. The highest BCUT2D eigenvalue weighted by molar-refractivity contribution is 7.80. The van der Waals surface area contributed by atoms with E-state index in [1.54, 1.807) is 0 Å². The summed E-state index contributed by atoms with van der Waals surface area (Å²) in [6.45, 7) is 3.80. The number of nitrogens with two attached hydrogens (primary N) is 1. The Labute approximate surface area is 145 Å². The van der Waals surface area contributed by atoms with Crippen molar-refractivity contribution >= 4 is 36.4 Å². The van der Waals surface area contributed by atoms with Crippen molar-refractivity contribution in [1.29, 1.82) is 0 Å². The highest BCUT2D eigenvalue weighted by atomic mass is 32.1. The van der Waals surface area contributed by atoms with Crippen LogP contribution in [0.1, 0.15) is 33.1 Å². The summed E-state index contributed by atoms with van der Waals surface area (Å²) in [5.74, 6) is -3.68. The number of hydrogen-bond donors (Lipinski definition) is 6. The van der Waals surface area contributed by atoms with Crippen molar-refractivity contribution in [3.63, 3.8) is 0 Å². The van der Waals surface area contributed by atoms with Gasteiger partial charge in [0.15, 0.2) is 0 Å². The van der Waals surface area contributed by atoms with E-state index >= 15 is 0 Å². The summed E-state index contributed by atoms with van der Waals surface area (Å²) >= 11 is 3.97. The fraction of sp³-hybridized carbons (Fsp3) is 0.714. The molecule has 0 fully saturated rings. The van der Waals surface area contributed by atoms with Crippen LogP contribution in [-0.4, -0.2) is 57.8 Å². The lowest BCUT2D eigenvalue weighted by Crippen LogP contribution is -2.55. The van der Waals surface area contributed by atoms with Gasteiger partial charge in [-0.1, -0.05) is 13.8 Å². The quantitative estimate of drug-likeness (QED) is 0.262. The minimum atomic E-state index is -1.36. The summed E-state index contributed by atoms with van der Waals surface area (Å²) in [6, 6.07) is -3.22. The Bertz CT molecular complexity index is 471. The molecular weight excluding hydrogens is 338 g/mol. The number of nitrogens with one attached hydrogen (secondary N) is 2. The zero-order valence-corrected chi connectivity index (χ0v) is 14.6. The number of rotatable bonds is 11. The van der Waals surface area contributed by atoms with Crippen LogP contribution in [0.5, 0.6) is 0 Å². The fourth-order valence-electron chi connectivity index (χ4n) is 1.89. The molecule has 24 heavy (non-hydrogen) atoms. The third kappa shape index (κ3) is 8.73. The standard InChI is InChI=1S/C14H25N3O6S/c1-7(2)5-8(15)12(20)17-10(6-24)13(21)16-9(14(22)23)3-4-11(18)19/h7-10,24H,3-6,15H2,1-2H3,(H,16,21)(H,17,20)(H,18,19)(H,22,23). The minimum absolute atomic E-state index is 0.0583. The van der Waals surface area contributed by atoms with Crippen molar-refractivity contribution in [2.75, 3.05) is 5.75 Å². The lowest BCUT2D eigenvalue weighted by atomic mass is 10.0. The Kier molecular flexibility index (Phi) is 10.0. The van der Waals surface area contributed by atoms with Gasteiger partial charge in [-0.25, -0.2) is 4.79 Å². The topological polar surface area (TPSA) is 159 Å². The Morgan fingerprint density at radius 2 is 1.58 bits per heavy atom. The maximum atomic E-state index is 12.1. The molecule has 0 bridgehead atoms. The Hall–Kier alpha value is -1.81. The van der Waals surface area contributed by atoms with Gasteiger partial charge in [0.1, 0.15) is 12.1 Å². The average Bonchev–Trinajstić information content (AvgIpc) is 2.47. The van der Waals surface area contributed by atoms with E-state index in [0.717, 1.165) is 0 Å². The summed E-state index contributed by atoms with van der Waals surface area (Å²) in [4.78, 5) is 45.6. The minimum Gasteiger partial charge on any atom is -0.481 e. The Morgan fingerprint density at radius 3 is 2.00 bits per heavy atom. The number of carbonyl (C=O) groups excluding carboxylic acids is 2. The number of amides is 2. The van der Waals surface area contributed by atoms with Gasteiger partial charge >= 0.3 is 11.9 Å². The van der Waals surface area contributed by atoms with Crippen LogP contribution in [0.15, 0.2) is 0 Å². The van der Waals surface area contributed by atoms with E-state index in [4.69, 9.17) is 15.9 Å². The zero-order chi connectivity index (χ0) is 18.9. The van der Waals surface area contributed by atoms with Crippen LogP contribution in [0.4, 0.5) is 0 Å². The summed E-state index contributed by atoms with van der Waals surface area (Å²) in [5, 5.41) is 22.2. The summed E-state index contributed by atoms with van der Waals surface area (Å²) < 4.78 is 0. The van der Waals surface area contributed by atoms with Crippen molar-refractivity contribution in [3.05, 3.63) is 0 Å². The van der Waals surface area contributed by atoms with Crippen molar-refractivity contribution in [2.45, 2.75) is 51.2 Å². The van der Waals surface area contributed by atoms with E-state index in [-0.39, 0.29) is 18.1 Å². The van der Waals surface area contributed by atoms with E-state index in [1.165, 1.54) is 0 Å². The van der Waals surface area contributed by atoms with Crippen LogP contribution >= 0.6 is 12.6 Å². The van der Waals surface area contributed by atoms with Crippen molar-refractivity contribution in [1.82, 2.24) is 10.6 Å². The molecular formula is C14H25N3O6S. The van der Waals surface area contributed by atoms with Gasteiger partial charge in [-0.15, -0.1) is 0 Å². The van der Waals surface area contributed by atoms with Gasteiger partial charge in [0.05, 0.1) is 6.04 Å². The van der Waals surface area contributed by atoms with E-state index in [0.29, 0.717) is 6.42 Å². The largest absolute Gasteiger partial charge is 0.481 e. The van der Waals surface area contributed by atoms with Gasteiger partial charge in [-0.05, 0) is 18.8 Å². The molecule has 9 nitrogen and oxygen atoms in total. The normalized spacial score (nSPS) is 14.5. The first-order chi connectivity index (χ1) is 11.1. The second-order valence-electron chi connectivity index (χ2n) is 5.81. The first-order valence-electron chi connectivity index (χ1n) is 7.50. The van der Waals surface area contributed by atoms with E-state index < -0.39 is 48.3 Å².